The smallest absolute Gasteiger partial charge is 0.241 e. The lowest BCUT2D eigenvalue weighted by atomic mass is 10.0. The molecule has 2 saturated carbocycles. The average molecular weight is 276 g/mol. The van der Waals surface area contributed by atoms with E-state index in [9.17, 15) is 4.79 Å². The van der Waals surface area contributed by atoms with Crippen molar-refractivity contribution < 1.29 is 4.79 Å². The number of nitrogens with one attached hydrogen (secondary N) is 1. The normalized spacial score (nSPS) is 31.5. The van der Waals surface area contributed by atoms with Crippen molar-refractivity contribution >= 4 is 17.2 Å². The Labute approximate surface area is 118 Å². The molecule has 1 saturated heterocycles. The maximum atomic E-state index is 12.6. The molecule has 1 aromatic heterocycles. The van der Waals surface area contributed by atoms with Crippen molar-refractivity contribution in [2.45, 2.75) is 50.9 Å². The minimum absolute atomic E-state index is 0.0371. The summed E-state index contributed by atoms with van der Waals surface area (Å²) in [6.45, 7) is 2.00. The molecule has 102 valence electrons. The van der Waals surface area contributed by atoms with Crippen LogP contribution in [0.4, 0.5) is 0 Å². The van der Waals surface area contributed by atoms with E-state index in [0.29, 0.717) is 11.9 Å². The van der Waals surface area contributed by atoms with Gasteiger partial charge in [0, 0.05) is 6.04 Å². The Bertz CT molecular complexity index is 466. The molecule has 2 aliphatic carbocycles. The van der Waals surface area contributed by atoms with Gasteiger partial charge < -0.3 is 4.90 Å². The van der Waals surface area contributed by atoms with Gasteiger partial charge in [-0.15, -0.1) is 0 Å². The minimum Gasteiger partial charge on any atom is -0.318 e. The summed E-state index contributed by atoms with van der Waals surface area (Å²) in [5, 5.41) is 7.76. The molecule has 2 atom stereocenters. The number of thiophene rings is 1. The van der Waals surface area contributed by atoms with E-state index in [1.54, 1.807) is 11.3 Å². The molecule has 0 spiro atoms. The fraction of sp³-hybridized carbons (Fsp3) is 0.667. The summed E-state index contributed by atoms with van der Waals surface area (Å²) in [7, 11) is 0. The number of amides is 1. The van der Waals surface area contributed by atoms with Gasteiger partial charge in [0.1, 0.15) is 6.17 Å². The second-order valence-corrected chi connectivity index (χ2v) is 7.04. The summed E-state index contributed by atoms with van der Waals surface area (Å²) in [6, 6.07) is 2.61. The van der Waals surface area contributed by atoms with Gasteiger partial charge in [0.15, 0.2) is 0 Å². The fourth-order valence-electron chi connectivity index (χ4n) is 3.46. The first kappa shape index (κ1) is 11.9. The van der Waals surface area contributed by atoms with E-state index in [0.717, 1.165) is 11.8 Å². The third-order valence-corrected chi connectivity index (χ3v) is 5.40. The van der Waals surface area contributed by atoms with Gasteiger partial charge in [-0.3, -0.25) is 10.1 Å². The SMILES string of the molecule is CC1NC(c2ccsc2)N(C(C2CC2)C2CC2)C1=O. The summed E-state index contributed by atoms with van der Waals surface area (Å²) >= 11 is 1.71. The maximum Gasteiger partial charge on any atom is 0.241 e. The Kier molecular flexibility index (Phi) is 2.71. The molecule has 1 amide bonds. The Morgan fingerprint density at radius 1 is 1.32 bits per heavy atom. The van der Waals surface area contributed by atoms with Crippen LogP contribution in [0.2, 0.25) is 0 Å². The molecular formula is C15H20N2OS. The van der Waals surface area contributed by atoms with Crippen LogP contribution < -0.4 is 5.32 Å². The number of carbonyl (C=O) groups is 1. The molecule has 0 aromatic carbocycles. The second kappa shape index (κ2) is 4.32. The van der Waals surface area contributed by atoms with E-state index in [1.807, 2.05) is 6.92 Å². The fourth-order valence-corrected chi connectivity index (χ4v) is 4.14. The first-order valence-electron chi connectivity index (χ1n) is 7.36. The highest BCUT2D eigenvalue weighted by molar-refractivity contribution is 7.07. The van der Waals surface area contributed by atoms with Crippen LogP contribution in [-0.2, 0) is 4.79 Å². The molecule has 1 aliphatic heterocycles. The third-order valence-electron chi connectivity index (χ3n) is 4.70. The molecule has 0 bridgehead atoms. The van der Waals surface area contributed by atoms with Gasteiger partial charge in [0.25, 0.3) is 0 Å². The van der Waals surface area contributed by atoms with E-state index in [4.69, 9.17) is 0 Å². The molecule has 2 unspecified atom stereocenters. The molecule has 0 radical (unpaired) electrons. The van der Waals surface area contributed by atoms with Crippen molar-refractivity contribution in [2.75, 3.05) is 0 Å². The second-order valence-electron chi connectivity index (χ2n) is 6.26. The number of hydrogen-bond acceptors (Lipinski definition) is 3. The van der Waals surface area contributed by atoms with E-state index in [1.165, 1.54) is 31.2 Å². The van der Waals surface area contributed by atoms with Crippen molar-refractivity contribution in [1.82, 2.24) is 10.2 Å². The molecule has 2 heterocycles. The number of carbonyl (C=O) groups excluding carboxylic acids is 1. The van der Waals surface area contributed by atoms with Crippen LogP contribution in [0.15, 0.2) is 16.8 Å². The summed E-state index contributed by atoms with van der Waals surface area (Å²) < 4.78 is 0. The first-order chi connectivity index (χ1) is 9.25. The molecule has 3 nitrogen and oxygen atoms in total. The van der Waals surface area contributed by atoms with Crippen LogP contribution >= 0.6 is 11.3 Å². The van der Waals surface area contributed by atoms with Crippen molar-refractivity contribution in [1.29, 1.82) is 0 Å². The van der Waals surface area contributed by atoms with E-state index in [-0.39, 0.29) is 12.2 Å². The van der Waals surface area contributed by atoms with Crippen molar-refractivity contribution in [3.8, 4) is 0 Å². The van der Waals surface area contributed by atoms with Gasteiger partial charge in [-0.2, -0.15) is 11.3 Å². The van der Waals surface area contributed by atoms with Gasteiger partial charge in [-0.1, -0.05) is 0 Å². The lowest BCUT2D eigenvalue weighted by molar-refractivity contribution is -0.133. The standard InChI is InChI=1S/C15H20N2OS/c1-9-15(18)17(13(10-2-3-10)11-4-5-11)14(16-9)12-6-7-19-8-12/h6-11,13-14,16H,2-5H2,1H3. The van der Waals surface area contributed by atoms with Crippen LogP contribution in [0.3, 0.4) is 0 Å². The molecule has 3 fully saturated rings. The van der Waals surface area contributed by atoms with Crippen molar-refractivity contribution in [3.63, 3.8) is 0 Å². The molecule has 4 heteroatoms. The Hall–Kier alpha value is -0.870. The van der Waals surface area contributed by atoms with Crippen LogP contribution in [0, 0.1) is 11.8 Å². The largest absolute Gasteiger partial charge is 0.318 e. The highest BCUT2D eigenvalue weighted by atomic mass is 32.1. The highest BCUT2D eigenvalue weighted by Crippen LogP contribution is 2.50. The summed E-state index contributed by atoms with van der Waals surface area (Å²) in [4.78, 5) is 14.8. The molecule has 19 heavy (non-hydrogen) atoms. The summed E-state index contributed by atoms with van der Waals surface area (Å²) in [6.07, 6.45) is 5.37. The minimum atomic E-state index is -0.0371. The van der Waals surface area contributed by atoms with Gasteiger partial charge in [-0.05, 0) is 66.8 Å². The van der Waals surface area contributed by atoms with Gasteiger partial charge in [0.05, 0.1) is 6.04 Å². The van der Waals surface area contributed by atoms with Gasteiger partial charge in [-0.25, -0.2) is 0 Å². The molecule has 1 N–H and O–H groups in total. The van der Waals surface area contributed by atoms with Gasteiger partial charge in [0.2, 0.25) is 5.91 Å². The van der Waals surface area contributed by atoms with Crippen molar-refractivity contribution in [2.24, 2.45) is 11.8 Å². The zero-order valence-corrected chi connectivity index (χ0v) is 12.0. The monoisotopic (exact) mass is 276 g/mol. The number of nitrogens with zero attached hydrogens (tertiary/aromatic N) is 1. The van der Waals surface area contributed by atoms with E-state index in [2.05, 4.69) is 27.0 Å². The topological polar surface area (TPSA) is 32.3 Å². The lowest BCUT2D eigenvalue weighted by Gasteiger charge is -2.33. The molecule has 3 aliphatic rings. The summed E-state index contributed by atoms with van der Waals surface area (Å²) in [5.41, 5.74) is 1.26. The quantitative estimate of drug-likeness (QED) is 0.917. The van der Waals surface area contributed by atoms with E-state index >= 15 is 0 Å². The molecule has 4 rings (SSSR count). The molecular weight excluding hydrogens is 256 g/mol. The Morgan fingerprint density at radius 3 is 2.53 bits per heavy atom. The number of hydrogen-bond donors (Lipinski definition) is 1. The first-order valence-corrected chi connectivity index (χ1v) is 8.30. The molecule has 1 aromatic rings. The zero-order valence-electron chi connectivity index (χ0n) is 11.2. The van der Waals surface area contributed by atoms with E-state index < -0.39 is 0 Å². The van der Waals surface area contributed by atoms with Crippen LogP contribution in [0.5, 0.6) is 0 Å². The predicted octanol–water partition coefficient (Wildman–Crippen LogP) is 2.76. The van der Waals surface area contributed by atoms with Crippen LogP contribution in [-0.4, -0.2) is 22.9 Å². The lowest BCUT2D eigenvalue weighted by Crippen LogP contribution is -2.42. The zero-order chi connectivity index (χ0) is 13.0. The van der Waals surface area contributed by atoms with Crippen LogP contribution in [0.1, 0.15) is 44.3 Å². The average Bonchev–Trinajstić information content (AvgIpc) is 3.32. The van der Waals surface area contributed by atoms with Crippen molar-refractivity contribution in [3.05, 3.63) is 22.4 Å². The predicted molar refractivity (Wildman–Crippen MR) is 75.7 cm³/mol. The Balaban J connectivity index is 1.67. The third kappa shape index (κ3) is 2.01. The van der Waals surface area contributed by atoms with Gasteiger partial charge >= 0.3 is 0 Å². The number of rotatable bonds is 4. The van der Waals surface area contributed by atoms with Crippen LogP contribution in [0.25, 0.3) is 0 Å². The summed E-state index contributed by atoms with van der Waals surface area (Å²) in [5.74, 6) is 1.84. The highest BCUT2D eigenvalue weighted by Gasteiger charge is 2.51. The Morgan fingerprint density at radius 2 is 2.00 bits per heavy atom. The maximum absolute atomic E-state index is 12.6.